The van der Waals surface area contributed by atoms with Crippen molar-refractivity contribution in [1.29, 1.82) is 0 Å². The molecule has 2 rings (SSSR count). The number of alkyl halides is 3. The summed E-state index contributed by atoms with van der Waals surface area (Å²) in [5.41, 5.74) is 0.467. The van der Waals surface area contributed by atoms with Crippen LogP contribution in [-0.2, 0) is 6.18 Å². The van der Waals surface area contributed by atoms with Gasteiger partial charge in [0, 0.05) is 18.4 Å². The molecular formula is C20H24F3N3S. The summed E-state index contributed by atoms with van der Waals surface area (Å²) in [4.78, 5) is 6.35. The highest BCUT2D eigenvalue weighted by Crippen LogP contribution is 2.31. The van der Waals surface area contributed by atoms with Gasteiger partial charge in [0.05, 0.1) is 17.3 Å². The maximum absolute atomic E-state index is 12.9. The van der Waals surface area contributed by atoms with Crippen molar-refractivity contribution in [2.45, 2.75) is 39.4 Å². The lowest BCUT2D eigenvalue weighted by atomic mass is 10.1. The average Bonchev–Trinajstić information content (AvgIpc) is 2.61. The molecule has 0 bridgehead atoms. The Hall–Kier alpha value is -2.15. The number of halogens is 3. The summed E-state index contributed by atoms with van der Waals surface area (Å²) in [6.07, 6.45) is -1.77. The average molecular weight is 395 g/mol. The van der Waals surface area contributed by atoms with Crippen molar-refractivity contribution in [3.63, 3.8) is 0 Å². The zero-order valence-electron chi connectivity index (χ0n) is 15.6. The maximum atomic E-state index is 12.9. The molecule has 1 N–H and O–H groups in total. The molecule has 0 spiro atoms. The number of rotatable bonds is 6. The molecule has 1 heterocycles. The molecule has 0 fully saturated rings. The fourth-order valence-electron chi connectivity index (χ4n) is 2.62. The number of aromatic nitrogens is 1. The molecule has 0 aliphatic carbocycles. The highest BCUT2D eigenvalue weighted by Gasteiger charge is 2.30. The first-order valence-corrected chi connectivity index (χ1v) is 9.25. The third-order valence-corrected chi connectivity index (χ3v) is 4.57. The van der Waals surface area contributed by atoms with Crippen LogP contribution in [0, 0.1) is 5.92 Å². The zero-order chi connectivity index (χ0) is 20.0. The van der Waals surface area contributed by atoms with E-state index in [0.717, 1.165) is 24.2 Å². The quantitative estimate of drug-likeness (QED) is 0.616. The molecular weight excluding hydrogens is 371 g/mol. The van der Waals surface area contributed by atoms with Crippen LogP contribution < -0.4 is 5.32 Å². The molecule has 0 aliphatic heterocycles. The third-order valence-electron chi connectivity index (χ3n) is 4.23. The van der Waals surface area contributed by atoms with Crippen LogP contribution in [0.2, 0.25) is 0 Å². The summed E-state index contributed by atoms with van der Waals surface area (Å²) in [6.45, 7) is 6.91. The lowest BCUT2D eigenvalue weighted by molar-refractivity contribution is -0.137. The number of hydrogen-bond acceptors (Lipinski definition) is 2. The number of anilines is 1. The smallest absolute Gasteiger partial charge is 0.341 e. The summed E-state index contributed by atoms with van der Waals surface area (Å²) in [5.74, 6) is 0.472. The van der Waals surface area contributed by atoms with Crippen LogP contribution >= 0.6 is 12.2 Å². The van der Waals surface area contributed by atoms with Crippen molar-refractivity contribution in [2.75, 3.05) is 11.9 Å². The Morgan fingerprint density at radius 2 is 1.89 bits per heavy atom. The predicted octanol–water partition coefficient (Wildman–Crippen LogP) is 5.91. The number of hydrogen-bond donors (Lipinski definition) is 1. The van der Waals surface area contributed by atoms with Gasteiger partial charge in [-0.15, -0.1) is 0 Å². The highest BCUT2D eigenvalue weighted by molar-refractivity contribution is 7.80. The van der Waals surface area contributed by atoms with Gasteiger partial charge in [-0.3, -0.25) is 4.98 Å². The molecule has 1 aromatic carbocycles. The van der Waals surface area contributed by atoms with Gasteiger partial charge in [-0.25, -0.2) is 0 Å². The molecule has 146 valence electrons. The summed E-state index contributed by atoms with van der Waals surface area (Å²) in [5, 5.41) is 3.34. The molecule has 0 radical (unpaired) electrons. The molecule has 0 saturated carbocycles. The monoisotopic (exact) mass is 395 g/mol. The Labute approximate surface area is 163 Å². The first kappa shape index (κ1) is 21.2. The van der Waals surface area contributed by atoms with Crippen LogP contribution in [0.1, 0.15) is 44.5 Å². The molecule has 27 heavy (non-hydrogen) atoms. The van der Waals surface area contributed by atoms with Gasteiger partial charge in [0.25, 0.3) is 0 Å². The molecule has 1 atom stereocenters. The van der Waals surface area contributed by atoms with Gasteiger partial charge < -0.3 is 10.2 Å². The van der Waals surface area contributed by atoms with E-state index in [1.54, 1.807) is 12.3 Å². The van der Waals surface area contributed by atoms with E-state index in [0.29, 0.717) is 23.3 Å². The Morgan fingerprint density at radius 3 is 2.48 bits per heavy atom. The number of nitrogens with one attached hydrogen (secondary N) is 1. The summed E-state index contributed by atoms with van der Waals surface area (Å²) >= 11 is 5.53. The van der Waals surface area contributed by atoms with Crippen LogP contribution in [0.25, 0.3) is 0 Å². The fourth-order valence-corrected chi connectivity index (χ4v) is 2.99. The van der Waals surface area contributed by atoms with Crippen molar-refractivity contribution in [2.24, 2.45) is 5.92 Å². The molecule has 7 heteroatoms. The van der Waals surface area contributed by atoms with Crippen LogP contribution in [0.4, 0.5) is 18.9 Å². The number of thiocarbonyl (C=S) groups is 1. The van der Waals surface area contributed by atoms with E-state index in [9.17, 15) is 13.2 Å². The van der Waals surface area contributed by atoms with Crippen molar-refractivity contribution >= 4 is 23.0 Å². The minimum absolute atomic E-state index is 0.101. The molecule has 2 aromatic rings. The van der Waals surface area contributed by atoms with Gasteiger partial charge in [0.1, 0.15) is 0 Å². The van der Waals surface area contributed by atoms with E-state index in [1.165, 1.54) is 6.07 Å². The van der Waals surface area contributed by atoms with Crippen LogP contribution in [0.3, 0.4) is 0 Å². The van der Waals surface area contributed by atoms with Gasteiger partial charge in [0.15, 0.2) is 5.11 Å². The van der Waals surface area contributed by atoms with Crippen LogP contribution in [0.5, 0.6) is 0 Å². The Bertz CT molecular complexity index is 748. The molecule has 0 aliphatic rings. The lowest BCUT2D eigenvalue weighted by Crippen LogP contribution is -2.38. The Kier molecular flexibility index (Phi) is 7.18. The van der Waals surface area contributed by atoms with Crippen molar-refractivity contribution in [3.8, 4) is 0 Å². The summed E-state index contributed by atoms with van der Waals surface area (Å²) in [6, 6.07) is 10.6. The zero-order valence-corrected chi connectivity index (χ0v) is 16.4. The van der Waals surface area contributed by atoms with E-state index in [2.05, 4.69) is 24.1 Å². The second kappa shape index (κ2) is 9.17. The van der Waals surface area contributed by atoms with Gasteiger partial charge in [-0.2, -0.15) is 13.2 Å². The SMILES string of the molecule is CC(C)CCN(C(=S)Nc1cccc(C(F)(F)F)c1)[C@H](C)c1ccccn1. The second-order valence-electron chi connectivity index (χ2n) is 6.82. The van der Waals surface area contributed by atoms with Gasteiger partial charge >= 0.3 is 6.18 Å². The lowest BCUT2D eigenvalue weighted by Gasteiger charge is -2.32. The fraction of sp³-hybridized carbons (Fsp3) is 0.400. The van der Waals surface area contributed by atoms with E-state index in [1.807, 2.05) is 30.0 Å². The number of benzene rings is 1. The minimum atomic E-state index is -4.39. The van der Waals surface area contributed by atoms with E-state index >= 15 is 0 Å². The topological polar surface area (TPSA) is 28.2 Å². The maximum Gasteiger partial charge on any atom is 0.416 e. The van der Waals surface area contributed by atoms with Crippen LogP contribution in [0.15, 0.2) is 48.7 Å². The Morgan fingerprint density at radius 1 is 1.15 bits per heavy atom. The molecule has 0 amide bonds. The van der Waals surface area contributed by atoms with Gasteiger partial charge in [-0.05, 0) is 61.8 Å². The normalized spacial score (nSPS) is 12.7. The summed E-state index contributed by atoms with van der Waals surface area (Å²) < 4.78 is 38.8. The van der Waals surface area contributed by atoms with E-state index in [-0.39, 0.29) is 6.04 Å². The minimum Gasteiger partial charge on any atom is -0.341 e. The molecule has 0 unspecified atom stereocenters. The molecule has 0 saturated heterocycles. The molecule has 3 nitrogen and oxygen atoms in total. The standard InChI is InChI=1S/C20H24F3N3S/c1-14(2)10-12-26(15(3)18-9-4-5-11-24-18)19(27)25-17-8-6-7-16(13-17)20(21,22)23/h4-9,11,13-15H,10,12H2,1-3H3,(H,25,27)/t15-/m1/s1. The largest absolute Gasteiger partial charge is 0.416 e. The third kappa shape index (κ3) is 6.20. The summed E-state index contributed by atoms with van der Waals surface area (Å²) in [7, 11) is 0. The van der Waals surface area contributed by atoms with Crippen molar-refractivity contribution in [3.05, 3.63) is 59.9 Å². The van der Waals surface area contributed by atoms with Crippen molar-refractivity contribution in [1.82, 2.24) is 9.88 Å². The second-order valence-corrected chi connectivity index (χ2v) is 7.20. The first-order chi connectivity index (χ1) is 12.7. The highest BCUT2D eigenvalue weighted by atomic mass is 32.1. The van der Waals surface area contributed by atoms with E-state index in [4.69, 9.17) is 12.2 Å². The molecule has 1 aromatic heterocycles. The first-order valence-electron chi connectivity index (χ1n) is 8.84. The van der Waals surface area contributed by atoms with Gasteiger partial charge in [0.2, 0.25) is 0 Å². The number of pyridine rings is 1. The van der Waals surface area contributed by atoms with Crippen LogP contribution in [-0.4, -0.2) is 21.5 Å². The predicted molar refractivity (Wildman–Crippen MR) is 106 cm³/mol. The Balaban J connectivity index is 2.21. The van der Waals surface area contributed by atoms with Crippen molar-refractivity contribution < 1.29 is 13.2 Å². The number of nitrogens with zero attached hydrogens (tertiary/aromatic N) is 2. The van der Waals surface area contributed by atoms with Gasteiger partial charge in [-0.1, -0.05) is 26.0 Å². The van der Waals surface area contributed by atoms with E-state index < -0.39 is 11.7 Å².